The number of hydrogen-bond donors (Lipinski definition) is 1. The number of carbonyl (C=O) groups excluding carboxylic acids is 1. The van der Waals surface area contributed by atoms with Gasteiger partial charge in [-0.05, 0) is 36.2 Å². The number of benzene rings is 3. The van der Waals surface area contributed by atoms with Crippen molar-refractivity contribution in [3.63, 3.8) is 0 Å². The topological polar surface area (TPSA) is 69.0 Å². The van der Waals surface area contributed by atoms with Crippen LogP contribution in [-0.4, -0.2) is 33.5 Å². The van der Waals surface area contributed by atoms with Gasteiger partial charge in [-0.2, -0.15) is 13.2 Å². The van der Waals surface area contributed by atoms with Gasteiger partial charge in [0.2, 0.25) is 0 Å². The number of nitrogens with zero attached hydrogens (tertiary/aromatic N) is 3. The fourth-order valence-electron chi connectivity index (χ4n) is 3.60. The smallest absolute Gasteiger partial charge is 0.417 e. The molecule has 4 rings (SSSR count). The second-order valence-electron chi connectivity index (χ2n) is 7.75. The zero-order valence-corrected chi connectivity index (χ0v) is 20.1. The van der Waals surface area contributed by atoms with E-state index in [1.54, 1.807) is 23.8 Å². The largest absolute Gasteiger partial charge is 0.497 e. The van der Waals surface area contributed by atoms with Crippen LogP contribution >= 0.6 is 11.8 Å². The Bertz CT molecular complexity index is 1330. The van der Waals surface area contributed by atoms with Crippen molar-refractivity contribution in [2.45, 2.75) is 24.3 Å². The molecule has 0 saturated carbocycles. The first-order chi connectivity index (χ1) is 17.4. The summed E-state index contributed by atoms with van der Waals surface area (Å²) in [5, 5.41) is 11.7. The van der Waals surface area contributed by atoms with Gasteiger partial charge in [-0.1, -0.05) is 60.3 Å². The van der Waals surface area contributed by atoms with Crippen molar-refractivity contribution >= 4 is 17.7 Å². The lowest BCUT2D eigenvalue weighted by Gasteiger charge is -2.14. The average Bonchev–Trinajstić information content (AvgIpc) is 3.30. The lowest BCUT2D eigenvalue weighted by Crippen LogP contribution is -2.27. The Hall–Kier alpha value is -3.79. The molecule has 0 aliphatic carbocycles. The van der Waals surface area contributed by atoms with Crippen molar-refractivity contribution in [2.24, 2.45) is 0 Å². The maximum absolute atomic E-state index is 13.4. The minimum Gasteiger partial charge on any atom is -0.497 e. The van der Waals surface area contributed by atoms with Gasteiger partial charge in [0.1, 0.15) is 5.75 Å². The monoisotopic (exact) mass is 512 g/mol. The second-order valence-corrected chi connectivity index (χ2v) is 8.81. The molecule has 186 valence electrons. The van der Waals surface area contributed by atoms with Crippen molar-refractivity contribution in [1.29, 1.82) is 0 Å². The highest BCUT2D eigenvalue weighted by atomic mass is 32.2. The summed E-state index contributed by atoms with van der Waals surface area (Å²) in [6.45, 7) is -0.117. The van der Waals surface area contributed by atoms with E-state index in [0.29, 0.717) is 22.4 Å². The van der Waals surface area contributed by atoms with Crippen molar-refractivity contribution in [2.75, 3.05) is 12.9 Å². The number of thioether (sulfide) groups is 1. The normalized spacial score (nSPS) is 11.3. The molecule has 4 aromatic rings. The van der Waals surface area contributed by atoms with E-state index < -0.39 is 23.2 Å². The van der Waals surface area contributed by atoms with Crippen LogP contribution in [0.25, 0.3) is 5.69 Å². The highest BCUT2D eigenvalue weighted by Crippen LogP contribution is 2.32. The molecule has 0 aliphatic rings. The first-order valence-corrected chi connectivity index (χ1v) is 12.0. The number of methoxy groups -OCH3 is 1. The summed E-state index contributed by atoms with van der Waals surface area (Å²) >= 11 is 1.49. The summed E-state index contributed by atoms with van der Waals surface area (Å²) in [5.74, 6) is 0.887. The van der Waals surface area contributed by atoms with E-state index in [9.17, 15) is 18.0 Å². The van der Waals surface area contributed by atoms with Gasteiger partial charge in [0.05, 0.1) is 30.5 Å². The summed E-state index contributed by atoms with van der Waals surface area (Å²) < 4.78 is 47.2. The van der Waals surface area contributed by atoms with Gasteiger partial charge in [0, 0.05) is 11.8 Å². The molecule has 3 aromatic carbocycles. The predicted molar refractivity (Wildman–Crippen MR) is 131 cm³/mol. The van der Waals surface area contributed by atoms with Crippen LogP contribution in [0, 0.1) is 0 Å². The van der Waals surface area contributed by atoms with E-state index in [0.717, 1.165) is 24.3 Å². The summed E-state index contributed by atoms with van der Waals surface area (Å²) in [5.41, 5.74) is 0.457. The van der Waals surface area contributed by atoms with E-state index in [2.05, 4.69) is 15.5 Å². The molecule has 10 heteroatoms. The number of hydrogen-bond acceptors (Lipinski definition) is 5. The zero-order valence-electron chi connectivity index (χ0n) is 19.3. The second kappa shape index (κ2) is 11.3. The average molecular weight is 513 g/mol. The van der Waals surface area contributed by atoms with Crippen LogP contribution in [0.15, 0.2) is 84.0 Å². The molecule has 0 aliphatic heterocycles. The first kappa shape index (κ1) is 25.3. The summed E-state index contributed by atoms with van der Waals surface area (Å²) in [7, 11) is 1.56. The summed E-state index contributed by atoms with van der Waals surface area (Å²) in [4.78, 5) is 12.7. The van der Waals surface area contributed by atoms with Crippen molar-refractivity contribution in [1.82, 2.24) is 20.1 Å². The maximum atomic E-state index is 13.4. The Morgan fingerprint density at radius 1 is 1.00 bits per heavy atom. The number of halogens is 3. The Labute approximate surface area is 210 Å². The van der Waals surface area contributed by atoms with E-state index in [1.165, 1.54) is 29.5 Å². The van der Waals surface area contributed by atoms with Gasteiger partial charge in [-0.15, -0.1) is 10.2 Å². The molecule has 0 fully saturated rings. The summed E-state index contributed by atoms with van der Waals surface area (Å²) in [6, 6.07) is 22.0. The van der Waals surface area contributed by atoms with Crippen molar-refractivity contribution < 1.29 is 22.7 Å². The molecule has 6 nitrogen and oxygen atoms in total. The molecule has 0 spiro atoms. The molecule has 0 unspecified atom stereocenters. The predicted octanol–water partition coefficient (Wildman–Crippen LogP) is 5.56. The molecular weight excluding hydrogens is 489 g/mol. The number of ether oxygens (including phenoxy) is 1. The minimum atomic E-state index is -4.64. The molecule has 1 N–H and O–H groups in total. The maximum Gasteiger partial charge on any atom is 0.417 e. The highest BCUT2D eigenvalue weighted by molar-refractivity contribution is 7.99. The Kier molecular flexibility index (Phi) is 7.94. The molecule has 0 saturated heterocycles. The van der Waals surface area contributed by atoms with Crippen LogP contribution < -0.4 is 10.1 Å². The first-order valence-electron chi connectivity index (χ1n) is 11.1. The van der Waals surface area contributed by atoms with E-state index >= 15 is 0 Å². The van der Waals surface area contributed by atoms with Gasteiger partial charge in [-0.3, -0.25) is 9.36 Å². The van der Waals surface area contributed by atoms with Crippen LogP contribution in [0.3, 0.4) is 0 Å². The van der Waals surface area contributed by atoms with E-state index in [4.69, 9.17) is 4.74 Å². The number of rotatable bonds is 9. The lowest BCUT2D eigenvalue weighted by molar-refractivity contribution is -0.137. The summed E-state index contributed by atoms with van der Waals surface area (Å²) in [6.07, 6.45) is -3.83. The van der Waals surface area contributed by atoms with Crippen LogP contribution in [0.2, 0.25) is 0 Å². The Balaban J connectivity index is 1.57. The SMILES string of the molecule is COc1cccc(-n2c(CNC(=O)c3ccccc3C(F)(F)F)nnc2SCCc2ccccc2)c1. The third-order valence-electron chi connectivity index (χ3n) is 5.36. The fraction of sp³-hybridized carbons (Fsp3) is 0.192. The molecule has 0 bridgehead atoms. The van der Waals surface area contributed by atoms with Gasteiger partial charge >= 0.3 is 6.18 Å². The third-order valence-corrected chi connectivity index (χ3v) is 6.29. The van der Waals surface area contributed by atoms with Crippen LogP contribution in [0.4, 0.5) is 13.2 Å². The number of amides is 1. The van der Waals surface area contributed by atoms with Crippen LogP contribution in [-0.2, 0) is 19.1 Å². The van der Waals surface area contributed by atoms with E-state index in [-0.39, 0.29) is 6.54 Å². The lowest BCUT2D eigenvalue weighted by atomic mass is 10.1. The van der Waals surface area contributed by atoms with Gasteiger partial charge in [0.25, 0.3) is 5.91 Å². The number of nitrogens with one attached hydrogen (secondary N) is 1. The van der Waals surface area contributed by atoms with Gasteiger partial charge < -0.3 is 10.1 Å². The number of carbonyl (C=O) groups is 1. The molecule has 1 amide bonds. The third kappa shape index (κ3) is 6.06. The van der Waals surface area contributed by atoms with Gasteiger partial charge in [-0.25, -0.2) is 0 Å². The van der Waals surface area contributed by atoms with E-state index in [1.807, 2.05) is 42.5 Å². The van der Waals surface area contributed by atoms with Crippen molar-refractivity contribution in [3.8, 4) is 11.4 Å². The van der Waals surface area contributed by atoms with Crippen molar-refractivity contribution in [3.05, 3.63) is 101 Å². The number of aryl methyl sites for hydroxylation is 1. The molecule has 1 heterocycles. The molecule has 0 atom stereocenters. The standard InChI is InChI=1S/C26H23F3N4O2S/c1-35-20-11-7-10-19(16-20)33-23(31-32-25(33)36-15-14-18-8-3-2-4-9-18)17-30-24(34)21-12-5-6-13-22(21)26(27,28)29/h2-13,16H,14-15,17H2,1H3,(H,30,34). The Morgan fingerprint density at radius 2 is 1.75 bits per heavy atom. The molecular formula is C26H23F3N4O2S. The quantitative estimate of drug-likeness (QED) is 0.298. The Morgan fingerprint density at radius 3 is 2.50 bits per heavy atom. The molecule has 1 aromatic heterocycles. The molecule has 36 heavy (non-hydrogen) atoms. The highest BCUT2D eigenvalue weighted by Gasteiger charge is 2.34. The number of alkyl halides is 3. The number of aromatic nitrogens is 3. The van der Waals surface area contributed by atoms with Crippen LogP contribution in [0.1, 0.15) is 27.3 Å². The fourth-order valence-corrected chi connectivity index (χ4v) is 4.56. The van der Waals surface area contributed by atoms with Crippen LogP contribution in [0.5, 0.6) is 5.75 Å². The van der Waals surface area contributed by atoms with Gasteiger partial charge in [0.15, 0.2) is 11.0 Å². The zero-order chi connectivity index (χ0) is 25.5. The molecule has 0 radical (unpaired) electrons. The minimum absolute atomic E-state index is 0.117.